The van der Waals surface area contributed by atoms with Crippen LogP contribution in [-0.2, 0) is 6.54 Å². The van der Waals surface area contributed by atoms with Crippen LogP contribution in [0.15, 0.2) is 52.1 Å². The molecule has 0 radical (unpaired) electrons. The molecule has 0 atom stereocenters. The molecule has 0 saturated carbocycles. The van der Waals surface area contributed by atoms with Gasteiger partial charge in [-0.25, -0.2) is 9.97 Å². The Morgan fingerprint density at radius 3 is 2.91 bits per heavy atom. The highest BCUT2D eigenvalue weighted by atomic mass is 19.1. The van der Waals surface area contributed by atoms with Crippen molar-refractivity contribution in [3.63, 3.8) is 0 Å². The number of aromatic nitrogens is 3. The molecule has 3 rings (SSSR count). The third kappa shape index (κ3) is 3.13. The van der Waals surface area contributed by atoms with Crippen LogP contribution in [0.3, 0.4) is 0 Å². The summed E-state index contributed by atoms with van der Waals surface area (Å²) in [5.41, 5.74) is 7.26. The van der Waals surface area contributed by atoms with Gasteiger partial charge < -0.3 is 14.7 Å². The van der Waals surface area contributed by atoms with Crippen LogP contribution in [0.4, 0.5) is 10.3 Å². The minimum absolute atomic E-state index is 0.122. The summed E-state index contributed by atoms with van der Waals surface area (Å²) in [6.45, 7) is -0.110. The minimum atomic E-state index is -0.456. The van der Waals surface area contributed by atoms with Crippen molar-refractivity contribution in [1.82, 2.24) is 14.5 Å². The predicted molar refractivity (Wildman–Crippen MR) is 84.4 cm³/mol. The second kappa shape index (κ2) is 6.43. The number of hydrogen-bond acceptors (Lipinski definition) is 5. The standard InChI is InChI=1S/C16H15FN4O2/c17-5-2-6-21-7-4-11(9-14(21)22)12-10-19-16(18)20-15(12)13-3-1-8-23-13/h1,3-4,7-10H,2,5-6H2,(H2,18,19,20). The zero-order valence-corrected chi connectivity index (χ0v) is 12.3. The van der Waals surface area contributed by atoms with Crippen molar-refractivity contribution in [2.24, 2.45) is 0 Å². The van der Waals surface area contributed by atoms with Crippen molar-refractivity contribution in [3.8, 4) is 22.6 Å². The molecule has 0 unspecified atom stereocenters. The van der Waals surface area contributed by atoms with E-state index >= 15 is 0 Å². The van der Waals surface area contributed by atoms with Gasteiger partial charge in [0.05, 0.1) is 12.9 Å². The van der Waals surface area contributed by atoms with Crippen LogP contribution in [0, 0.1) is 0 Å². The molecule has 3 heterocycles. The summed E-state index contributed by atoms with van der Waals surface area (Å²) in [7, 11) is 0. The molecule has 0 aliphatic carbocycles. The van der Waals surface area contributed by atoms with Gasteiger partial charge in [-0.05, 0) is 30.2 Å². The number of rotatable bonds is 5. The summed E-state index contributed by atoms with van der Waals surface area (Å²) >= 11 is 0. The van der Waals surface area contributed by atoms with E-state index in [1.54, 1.807) is 30.6 Å². The van der Waals surface area contributed by atoms with E-state index in [9.17, 15) is 9.18 Å². The maximum absolute atomic E-state index is 12.2. The lowest BCUT2D eigenvalue weighted by molar-refractivity contribution is 0.443. The first kappa shape index (κ1) is 15.0. The molecule has 7 heteroatoms. The van der Waals surface area contributed by atoms with E-state index in [2.05, 4.69) is 9.97 Å². The molecule has 6 nitrogen and oxygen atoms in total. The third-order valence-corrected chi connectivity index (χ3v) is 3.40. The van der Waals surface area contributed by atoms with E-state index in [0.717, 1.165) is 0 Å². The van der Waals surface area contributed by atoms with Gasteiger partial charge in [0.1, 0.15) is 5.69 Å². The van der Waals surface area contributed by atoms with Crippen LogP contribution in [-0.4, -0.2) is 21.2 Å². The summed E-state index contributed by atoms with van der Waals surface area (Å²) < 4.78 is 19.1. The number of pyridine rings is 1. The van der Waals surface area contributed by atoms with Crippen LogP contribution >= 0.6 is 0 Å². The number of nitrogens with two attached hydrogens (primary N) is 1. The second-order valence-electron chi connectivity index (χ2n) is 4.96. The number of furan rings is 1. The highest BCUT2D eigenvalue weighted by Crippen LogP contribution is 2.29. The van der Waals surface area contributed by atoms with Gasteiger partial charge in [0.2, 0.25) is 5.95 Å². The van der Waals surface area contributed by atoms with E-state index in [-0.39, 0.29) is 11.5 Å². The topological polar surface area (TPSA) is 86.9 Å². The average Bonchev–Trinajstić information content (AvgIpc) is 3.08. The first-order valence-corrected chi connectivity index (χ1v) is 7.12. The molecule has 0 aliphatic heterocycles. The lowest BCUT2D eigenvalue weighted by atomic mass is 10.1. The van der Waals surface area contributed by atoms with Gasteiger partial charge in [-0.2, -0.15) is 0 Å². The number of hydrogen-bond donors (Lipinski definition) is 1. The van der Waals surface area contributed by atoms with E-state index in [0.29, 0.717) is 35.5 Å². The summed E-state index contributed by atoms with van der Waals surface area (Å²) in [6.07, 6.45) is 5.03. The number of nitrogens with zero attached hydrogens (tertiary/aromatic N) is 3. The number of halogens is 1. The number of alkyl halides is 1. The Morgan fingerprint density at radius 1 is 1.35 bits per heavy atom. The first-order chi connectivity index (χ1) is 11.2. The normalized spacial score (nSPS) is 10.8. The summed E-state index contributed by atoms with van der Waals surface area (Å²) in [6, 6.07) is 6.74. The van der Waals surface area contributed by atoms with Gasteiger partial charge in [-0.1, -0.05) is 0 Å². The summed E-state index contributed by atoms with van der Waals surface area (Å²) in [4.78, 5) is 20.3. The second-order valence-corrected chi connectivity index (χ2v) is 4.96. The monoisotopic (exact) mass is 314 g/mol. The zero-order chi connectivity index (χ0) is 16.2. The number of anilines is 1. The quantitative estimate of drug-likeness (QED) is 0.782. The van der Waals surface area contributed by atoms with Crippen LogP contribution in [0.1, 0.15) is 6.42 Å². The lowest BCUT2D eigenvalue weighted by Gasteiger charge is -2.09. The fourth-order valence-corrected chi connectivity index (χ4v) is 2.30. The van der Waals surface area contributed by atoms with Crippen molar-refractivity contribution in [2.75, 3.05) is 12.4 Å². The highest BCUT2D eigenvalue weighted by molar-refractivity contribution is 5.78. The molecule has 0 aliphatic rings. The molecular weight excluding hydrogens is 299 g/mol. The Bertz CT molecular complexity index is 859. The molecule has 118 valence electrons. The Hall–Kier alpha value is -2.96. The molecule has 0 spiro atoms. The van der Waals surface area contributed by atoms with Crippen molar-refractivity contribution in [3.05, 3.63) is 53.3 Å². The number of aryl methyl sites for hydroxylation is 1. The fourth-order valence-electron chi connectivity index (χ4n) is 2.30. The molecule has 0 amide bonds. The largest absolute Gasteiger partial charge is 0.463 e. The smallest absolute Gasteiger partial charge is 0.251 e. The van der Waals surface area contributed by atoms with Crippen LogP contribution in [0.25, 0.3) is 22.6 Å². The molecule has 23 heavy (non-hydrogen) atoms. The minimum Gasteiger partial charge on any atom is -0.463 e. The van der Waals surface area contributed by atoms with E-state index in [1.165, 1.54) is 16.9 Å². The van der Waals surface area contributed by atoms with Gasteiger partial charge in [-0.15, -0.1) is 0 Å². The molecule has 0 bridgehead atoms. The zero-order valence-electron chi connectivity index (χ0n) is 12.3. The molecule has 3 aromatic heterocycles. The van der Waals surface area contributed by atoms with Crippen molar-refractivity contribution < 1.29 is 8.81 Å². The molecule has 0 aromatic carbocycles. The predicted octanol–water partition coefficient (Wildman–Crippen LogP) is 2.51. The third-order valence-electron chi connectivity index (χ3n) is 3.40. The van der Waals surface area contributed by atoms with Crippen LogP contribution < -0.4 is 11.3 Å². The van der Waals surface area contributed by atoms with Gasteiger partial charge in [0.15, 0.2) is 5.76 Å². The molecule has 2 N–H and O–H groups in total. The maximum atomic E-state index is 12.2. The van der Waals surface area contributed by atoms with Gasteiger partial charge >= 0.3 is 0 Å². The summed E-state index contributed by atoms with van der Waals surface area (Å²) in [5.74, 6) is 0.659. The first-order valence-electron chi connectivity index (χ1n) is 7.12. The van der Waals surface area contributed by atoms with Crippen molar-refractivity contribution >= 4 is 5.95 Å². The molecule has 3 aromatic rings. The average molecular weight is 314 g/mol. The Balaban J connectivity index is 2.05. The lowest BCUT2D eigenvalue weighted by Crippen LogP contribution is -2.19. The van der Waals surface area contributed by atoms with Gasteiger partial charge in [-0.3, -0.25) is 9.18 Å². The summed E-state index contributed by atoms with van der Waals surface area (Å²) in [5, 5.41) is 0. The maximum Gasteiger partial charge on any atom is 0.251 e. The van der Waals surface area contributed by atoms with Crippen molar-refractivity contribution in [2.45, 2.75) is 13.0 Å². The van der Waals surface area contributed by atoms with Crippen molar-refractivity contribution in [1.29, 1.82) is 0 Å². The molecular formula is C16H15FN4O2. The van der Waals surface area contributed by atoms with E-state index in [1.807, 2.05) is 0 Å². The Kier molecular flexibility index (Phi) is 4.18. The molecule has 0 fully saturated rings. The number of nitrogen functional groups attached to an aromatic ring is 1. The molecule has 0 saturated heterocycles. The van der Waals surface area contributed by atoms with Crippen LogP contribution in [0.5, 0.6) is 0 Å². The van der Waals surface area contributed by atoms with E-state index < -0.39 is 6.67 Å². The van der Waals surface area contributed by atoms with E-state index in [4.69, 9.17) is 10.2 Å². The van der Waals surface area contributed by atoms with Crippen LogP contribution in [0.2, 0.25) is 0 Å². The Morgan fingerprint density at radius 2 is 2.22 bits per heavy atom. The SMILES string of the molecule is Nc1ncc(-c2ccn(CCCF)c(=O)c2)c(-c2ccco2)n1. The van der Waals surface area contributed by atoms with Gasteiger partial charge in [0.25, 0.3) is 5.56 Å². The fraction of sp³-hybridized carbons (Fsp3) is 0.188. The highest BCUT2D eigenvalue weighted by Gasteiger charge is 2.13. The Labute approximate surface area is 131 Å². The van der Waals surface area contributed by atoms with Gasteiger partial charge in [0, 0.05) is 30.6 Å².